The first-order chi connectivity index (χ1) is 8.15. The number of benzene rings is 1. The van der Waals surface area contributed by atoms with E-state index in [1.54, 1.807) is 0 Å². The Hall–Kier alpha value is -1.57. The van der Waals surface area contributed by atoms with Crippen LogP contribution in [0.2, 0.25) is 0 Å². The van der Waals surface area contributed by atoms with Crippen LogP contribution in [-0.4, -0.2) is 5.78 Å². The molecule has 0 N–H and O–H groups in total. The summed E-state index contributed by atoms with van der Waals surface area (Å²) in [4.78, 5) is 12.0. The molecule has 2 nitrogen and oxygen atoms in total. The minimum Gasteiger partial charge on any atom is -0.461 e. The molecule has 88 valence electrons. The molecule has 0 aromatic heterocycles. The summed E-state index contributed by atoms with van der Waals surface area (Å²) in [6, 6.07) is 6.08. The van der Waals surface area contributed by atoms with Crippen molar-refractivity contribution in [1.82, 2.24) is 0 Å². The van der Waals surface area contributed by atoms with Crippen LogP contribution in [0.25, 0.3) is 0 Å². The summed E-state index contributed by atoms with van der Waals surface area (Å²) < 4.78 is 5.92. The van der Waals surface area contributed by atoms with Gasteiger partial charge >= 0.3 is 0 Å². The molecule has 1 aliphatic carbocycles. The molecule has 3 rings (SSSR count). The van der Waals surface area contributed by atoms with Gasteiger partial charge in [-0.2, -0.15) is 0 Å². The number of rotatable bonds is 0. The fraction of sp³-hybridized carbons (Fsp3) is 0.400. The summed E-state index contributed by atoms with van der Waals surface area (Å²) in [5.41, 5.74) is 3.29. The Morgan fingerprint density at radius 2 is 2.12 bits per heavy atom. The highest BCUT2D eigenvalue weighted by Gasteiger charge is 2.31. The van der Waals surface area contributed by atoms with E-state index in [-0.39, 0.29) is 5.78 Å². The normalized spacial score (nSPS) is 22.9. The highest BCUT2D eigenvalue weighted by Crippen LogP contribution is 2.38. The summed E-state index contributed by atoms with van der Waals surface area (Å²) in [5.74, 6) is 2.53. The third-order valence-corrected chi connectivity index (χ3v) is 3.69. The van der Waals surface area contributed by atoms with E-state index in [0.717, 1.165) is 29.9 Å². The van der Waals surface area contributed by atoms with Crippen LogP contribution in [0, 0.1) is 12.8 Å². The van der Waals surface area contributed by atoms with Crippen molar-refractivity contribution >= 4 is 5.78 Å². The second-order valence-electron chi connectivity index (χ2n) is 5.17. The van der Waals surface area contributed by atoms with Crippen molar-refractivity contribution in [1.29, 1.82) is 0 Å². The molecule has 2 aliphatic rings. The van der Waals surface area contributed by atoms with Gasteiger partial charge in [0.15, 0.2) is 5.78 Å². The standard InChI is InChI=1S/C15H16O2/c1-9-6-13(16)12-8-11-10(2)4-3-5-14(11)17-15(12)7-9/h3-5,9H,6-8H2,1-2H3. The van der Waals surface area contributed by atoms with Gasteiger partial charge in [-0.1, -0.05) is 19.1 Å². The van der Waals surface area contributed by atoms with Crippen molar-refractivity contribution in [2.24, 2.45) is 5.92 Å². The Kier molecular flexibility index (Phi) is 2.32. The highest BCUT2D eigenvalue weighted by molar-refractivity contribution is 5.97. The first kappa shape index (κ1) is 10.6. The SMILES string of the molecule is Cc1cccc2c1CC1=C(CC(C)CC1=O)O2. The minimum absolute atomic E-state index is 0.271. The van der Waals surface area contributed by atoms with Crippen molar-refractivity contribution in [3.63, 3.8) is 0 Å². The molecule has 0 fully saturated rings. The van der Waals surface area contributed by atoms with Gasteiger partial charge in [0.2, 0.25) is 0 Å². The van der Waals surface area contributed by atoms with Gasteiger partial charge in [0.25, 0.3) is 0 Å². The third-order valence-electron chi connectivity index (χ3n) is 3.69. The Bertz CT molecular complexity index is 526. The first-order valence-corrected chi connectivity index (χ1v) is 6.16. The van der Waals surface area contributed by atoms with E-state index in [1.165, 1.54) is 11.1 Å². The molecule has 1 aromatic rings. The number of allylic oxidation sites excluding steroid dienone is 2. The molecule has 1 aromatic carbocycles. The van der Waals surface area contributed by atoms with Crippen LogP contribution in [0.4, 0.5) is 0 Å². The van der Waals surface area contributed by atoms with Crippen LogP contribution in [0.5, 0.6) is 5.75 Å². The van der Waals surface area contributed by atoms with Gasteiger partial charge in [0, 0.05) is 30.4 Å². The number of Topliss-reactive ketones (excluding diaryl/α,β-unsaturated/α-hetero) is 1. The molecule has 0 saturated carbocycles. The Balaban J connectivity index is 2.05. The smallest absolute Gasteiger partial charge is 0.162 e. The maximum atomic E-state index is 12.0. The number of ether oxygens (including phenoxy) is 1. The van der Waals surface area contributed by atoms with Crippen LogP contribution < -0.4 is 4.74 Å². The number of aryl methyl sites for hydroxylation is 1. The molecule has 17 heavy (non-hydrogen) atoms. The Morgan fingerprint density at radius 3 is 2.94 bits per heavy atom. The number of ketones is 1. The quantitative estimate of drug-likeness (QED) is 0.681. The van der Waals surface area contributed by atoms with Gasteiger partial charge in [0.05, 0.1) is 0 Å². The number of hydrogen-bond donors (Lipinski definition) is 0. The van der Waals surface area contributed by atoms with E-state index in [2.05, 4.69) is 19.9 Å². The largest absolute Gasteiger partial charge is 0.461 e. The van der Waals surface area contributed by atoms with Crippen molar-refractivity contribution < 1.29 is 9.53 Å². The monoisotopic (exact) mass is 228 g/mol. The molecule has 1 unspecified atom stereocenters. The maximum Gasteiger partial charge on any atom is 0.162 e. The fourth-order valence-electron chi connectivity index (χ4n) is 2.71. The van der Waals surface area contributed by atoms with Gasteiger partial charge in [-0.25, -0.2) is 0 Å². The third kappa shape index (κ3) is 1.68. The second kappa shape index (κ2) is 3.73. The van der Waals surface area contributed by atoms with E-state index in [4.69, 9.17) is 4.74 Å². The second-order valence-corrected chi connectivity index (χ2v) is 5.17. The lowest BCUT2D eigenvalue weighted by Crippen LogP contribution is -2.25. The average Bonchev–Trinajstić information content (AvgIpc) is 2.27. The van der Waals surface area contributed by atoms with Crippen molar-refractivity contribution in [3.8, 4) is 5.75 Å². The molecule has 0 saturated heterocycles. The van der Waals surface area contributed by atoms with Gasteiger partial charge in [-0.3, -0.25) is 4.79 Å². The minimum atomic E-state index is 0.271. The fourth-order valence-corrected chi connectivity index (χ4v) is 2.71. The molecule has 0 amide bonds. The zero-order chi connectivity index (χ0) is 12.0. The molecular formula is C15H16O2. The average molecular weight is 228 g/mol. The van der Waals surface area contributed by atoms with E-state index in [1.807, 2.05) is 12.1 Å². The van der Waals surface area contributed by atoms with Crippen LogP contribution in [0.15, 0.2) is 29.5 Å². The van der Waals surface area contributed by atoms with E-state index in [9.17, 15) is 4.79 Å². The summed E-state index contributed by atoms with van der Waals surface area (Å²) in [6.07, 6.45) is 2.32. The molecular weight excluding hydrogens is 212 g/mol. The Morgan fingerprint density at radius 1 is 1.29 bits per heavy atom. The summed E-state index contributed by atoms with van der Waals surface area (Å²) in [7, 11) is 0. The van der Waals surface area contributed by atoms with E-state index < -0.39 is 0 Å². The molecule has 0 bridgehead atoms. The predicted molar refractivity (Wildman–Crippen MR) is 65.9 cm³/mol. The predicted octanol–water partition coefficient (Wildman–Crippen LogP) is 3.18. The molecule has 1 atom stereocenters. The molecule has 1 aliphatic heterocycles. The van der Waals surface area contributed by atoms with E-state index in [0.29, 0.717) is 12.3 Å². The van der Waals surface area contributed by atoms with Gasteiger partial charge in [0.1, 0.15) is 11.5 Å². The first-order valence-electron chi connectivity index (χ1n) is 6.16. The van der Waals surface area contributed by atoms with Crippen LogP contribution in [0.1, 0.15) is 30.9 Å². The zero-order valence-corrected chi connectivity index (χ0v) is 10.2. The van der Waals surface area contributed by atoms with Crippen LogP contribution in [0.3, 0.4) is 0 Å². The molecule has 0 spiro atoms. The highest BCUT2D eigenvalue weighted by atomic mass is 16.5. The zero-order valence-electron chi connectivity index (χ0n) is 10.2. The van der Waals surface area contributed by atoms with Crippen molar-refractivity contribution in [2.45, 2.75) is 33.1 Å². The lowest BCUT2D eigenvalue weighted by molar-refractivity contribution is -0.117. The molecule has 0 radical (unpaired) electrons. The topological polar surface area (TPSA) is 26.3 Å². The van der Waals surface area contributed by atoms with Gasteiger partial charge in [-0.15, -0.1) is 0 Å². The van der Waals surface area contributed by atoms with E-state index >= 15 is 0 Å². The lowest BCUT2D eigenvalue weighted by atomic mass is 9.83. The van der Waals surface area contributed by atoms with Gasteiger partial charge in [-0.05, 0) is 24.5 Å². The summed E-state index contributed by atoms with van der Waals surface area (Å²) >= 11 is 0. The van der Waals surface area contributed by atoms with Crippen molar-refractivity contribution in [3.05, 3.63) is 40.7 Å². The molecule has 1 heterocycles. The summed E-state index contributed by atoms with van der Waals surface area (Å²) in [5, 5.41) is 0. The van der Waals surface area contributed by atoms with Crippen LogP contribution in [-0.2, 0) is 11.2 Å². The van der Waals surface area contributed by atoms with Gasteiger partial charge < -0.3 is 4.74 Å². The summed E-state index contributed by atoms with van der Waals surface area (Å²) in [6.45, 7) is 4.18. The number of hydrogen-bond acceptors (Lipinski definition) is 2. The maximum absolute atomic E-state index is 12.0. The number of fused-ring (bicyclic) bond motifs is 1. The number of carbonyl (C=O) groups is 1. The molecule has 2 heteroatoms. The van der Waals surface area contributed by atoms with Crippen molar-refractivity contribution in [2.75, 3.05) is 0 Å². The van der Waals surface area contributed by atoms with Crippen LogP contribution >= 0.6 is 0 Å². The Labute approximate surface area is 101 Å². The lowest BCUT2D eigenvalue weighted by Gasteiger charge is -2.29. The number of carbonyl (C=O) groups excluding carboxylic acids is 1.